The first-order chi connectivity index (χ1) is 17.0. The second kappa shape index (κ2) is 8.48. The van der Waals surface area contributed by atoms with Crippen LogP contribution in [0.5, 0.6) is 5.88 Å². The van der Waals surface area contributed by atoms with Crippen molar-refractivity contribution in [2.24, 2.45) is 10.9 Å². The number of nitrogens with one attached hydrogen (secondary N) is 1. The summed E-state index contributed by atoms with van der Waals surface area (Å²) in [4.78, 5) is 21.3. The molecule has 0 amide bonds. The van der Waals surface area contributed by atoms with Gasteiger partial charge in [0.1, 0.15) is 17.8 Å². The van der Waals surface area contributed by atoms with Crippen molar-refractivity contribution in [2.75, 3.05) is 5.73 Å². The molecule has 7 nitrogen and oxygen atoms in total. The molecule has 2 aromatic carbocycles. The average Bonchev–Trinajstić information content (AvgIpc) is 3.26. The lowest BCUT2D eigenvalue weighted by Crippen LogP contribution is -2.41. The molecular weight excluding hydrogens is 436 g/mol. The number of aromatic nitrogens is 4. The van der Waals surface area contributed by atoms with Crippen LogP contribution in [0.2, 0.25) is 0 Å². The monoisotopic (exact) mass is 466 g/mol. The molecule has 35 heavy (non-hydrogen) atoms. The molecule has 0 unspecified atom stereocenters. The molecule has 3 heterocycles. The maximum absolute atomic E-state index is 6.12. The first-order valence-electron chi connectivity index (χ1n) is 12.4. The first-order valence-corrected chi connectivity index (χ1v) is 12.4. The summed E-state index contributed by atoms with van der Waals surface area (Å²) in [5.74, 6) is 3.16. The summed E-state index contributed by atoms with van der Waals surface area (Å²) >= 11 is 0. The number of hydrogen-bond donors (Lipinski definition) is 2. The number of ether oxygens (including phenoxy) is 1. The third-order valence-electron chi connectivity index (χ3n) is 7.39. The molecule has 6 rings (SSSR count). The van der Waals surface area contributed by atoms with Gasteiger partial charge in [0.25, 0.3) is 0 Å². The van der Waals surface area contributed by atoms with Crippen molar-refractivity contribution in [3.63, 3.8) is 0 Å². The molecule has 2 aromatic heterocycles. The van der Waals surface area contributed by atoms with E-state index < -0.39 is 5.60 Å². The maximum Gasteiger partial charge on any atom is 0.246 e. The van der Waals surface area contributed by atoms with Crippen LogP contribution in [0.1, 0.15) is 62.4 Å². The van der Waals surface area contributed by atoms with Crippen molar-refractivity contribution in [3.05, 3.63) is 71.8 Å². The van der Waals surface area contributed by atoms with Gasteiger partial charge in [-0.3, -0.25) is 0 Å². The van der Waals surface area contributed by atoms with E-state index in [1.54, 1.807) is 0 Å². The van der Waals surface area contributed by atoms with Crippen molar-refractivity contribution in [1.29, 1.82) is 0 Å². The second-order valence-corrected chi connectivity index (χ2v) is 10.2. The minimum atomic E-state index is -0.607. The SMILES string of the molecule is CC1(C)Oc2ncnc(N)c2N=C1c1ccc([C@H]2CC[C@H](Cc3nc4ccccc4[nH]3)CC2)cc1. The molecule has 0 bridgehead atoms. The Morgan fingerprint density at radius 1 is 1.00 bits per heavy atom. The molecule has 0 spiro atoms. The highest BCUT2D eigenvalue weighted by Crippen LogP contribution is 2.40. The van der Waals surface area contributed by atoms with Crippen LogP contribution in [0.4, 0.5) is 11.5 Å². The van der Waals surface area contributed by atoms with Crippen molar-refractivity contribution in [1.82, 2.24) is 19.9 Å². The van der Waals surface area contributed by atoms with Crippen molar-refractivity contribution >= 4 is 28.3 Å². The van der Waals surface area contributed by atoms with Crippen LogP contribution >= 0.6 is 0 Å². The molecule has 1 aliphatic heterocycles. The van der Waals surface area contributed by atoms with Gasteiger partial charge in [0.2, 0.25) is 5.88 Å². The van der Waals surface area contributed by atoms with Crippen molar-refractivity contribution < 1.29 is 4.74 Å². The highest BCUT2D eigenvalue weighted by Gasteiger charge is 2.35. The fraction of sp³-hybridized carbons (Fsp3) is 0.357. The fourth-order valence-corrected chi connectivity index (χ4v) is 5.49. The molecule has 3 N–H and O–H groups in total. The molecule has 178 valence electrons. The number of anilines is 1. The van der Waals surface area contributed by atoms with Crippen LogP contribution in [-0.2, 0) is 6.42 Å². The number of nitrogen functional groups attached to an aromatic ring is 1. The van der Waals surface area contributed by atoms with Gasteiger partial charge in [-0.25, -0.2) is 15.0 Å². The third kappa shape index (κ3) is 4.16. The van der Waals surface area contributed by atoms with E-state index in [1.165, 1.54) is 37.6 Å². The first kappa shape index (κ1) is 21.8. The number of nitrogens with zero attached hydrogens (tertiary/aromatic N) is 4. The van der Waals surface area contributed by atoms with E-state index in [0.717, 1.165) is 34.6 Å². The number of hydrogen-bond acceptors (Lipinski definition) is 6. The number of aliphatic imine (C=N–C) groups is 1. The zero-order valence-electron chi connectivity index (χ0n) is 20.2. The number of para-hydroxylation sites is 2. The van der Waals surface area contributed by atoms with E-state index in [-0.39, 0.29) is 0 Å². The number of nitrogens with two attached hydrogens (primary N) is 1. The third-order valence-corrected chi connectivity index (χ3v) is 7.39. The molecule has 1 aliphatic carbocycles. The van der Waals surface area contributed by atoms with Crippen LogP contribution in [-0.4, -0.2) is 31.2 Å². The number of imidazole rings is 1. The highest BCUT2D eigenvalue weighted by molar-refractivity contribution is 6.09. The van der Waals surface area contributed by atoms with Gasteiger partial charge in [0.15, 0.2) is 11.5 Å². The number of fused-ring (bicyclic) bond motifs is 2. The Balaban J connectivity index is 1.14. The van der Waals surface area contributed by atoms with Crippen LogP contribution in [0.3, 0.4) is 0 Å². The summed E-state index contributed by atoms with van der Waals surface area (Å²) in [6.07, 6.45) is 7.32. The molecule has 1 fully saturated rings. The summed E-state index contributed by atoms with van der Waals surface area (Å²) in [6, 6.07) is 17.1. The minimum absolute atomic E-state index is 0.332. The maximum atomic E-state index is 6.12. The predicted octanol–water partition coefficient (Wildman–Crippen LogP) is 5.74. The Bertz CT molecular complexity index is 1360. The summed E-state index contributed by atoms with van der Waals surface area (Å²) < 4.78 is 6.12. The Kier molecular flexibility index (Phi) is 5.28. The van der Waals surface area contributed by atoms with E-state index >= 15 is 0 Å². The van der Waals surface area contributed by atoms with E-state index in [4.69, 9.17) is 20.4 Å². The zero-order valence-corrected chi connectivity index (χ0v) is 20.2. The quantitative estimate of drug-likeness (QED) is 0.399. The fourth-order valence-electron chi connectivity index (χ4n) is 5.49. The molecule has 0 saturated heterocycles. The van der Waals surface area contributed by atoms with Crippen molar-refractivity contribution in [3.8, 4) is 5.88 Å². The normalized spacial score (nSPS) is 21.3. The minimum Gasteiger partial charge on any atom is -0.463 e. The van der Waals surface area contributed by atoms with Gasteiger partial charge in [0, 0.05) is 12.0 Å². The standard InChI is InChI=1S/C28H30N6O/c1-28(2)25(34-24-26(29)30-16-31-27(24)35-28)20-13-11-19(12-14-20)18-9-7-17(8-10-18)15-23-32-21-5-3-4-6-22(21)33-23/h3-6,11-14,16-18H,7-10,15H2,1-2H3,(H,32,33)(H2,29,30,31)/t17-,18-. The Hall–Kier alpha value is -3.74. The molecule has 0 radical (unpaired) electrons. The van der Waals surface area contributed by atoms with E-state index in [0.29, 0.717) is 29.2 Å². The Morgan fingerprint density at radius 3 is 2.54 bits per heavy atom. The van der Waals surface area contributed by atoms with Gasteiger partial charge in [0.05, 0.1) is 16.7 Å². The summed E-state index contributed by atoms with van der Waals surface area (Å²) in [6.45, 7) is 4.01. The van der Waals surface area contributed by atoms with Gasteiger partial charge in [-0.1, -0.05) is 36.4 Å². The van der Waals surface area contributed by atoms with E-state index in [1.807, 2.05) is 19.9 Å². The zero-order chi connectivity index (χ0) is 24.0. The lowest BCUT2D eigenvalue weighted by atomic mass is 9.77. The summed E-state index contributed by atoms with van der Waals surface area (Å²) in [5, 5.41) is 0. The lowest BCUT2D eigenvalue weighted by Gasteiger charge is -2.32. The molecular formula is C28H30N6O. The van der Waals surface area contributed by atoms with Crippen LogP contribution in [0.15, 0.2) is 59.9 Å². The van der Waals surface area contributed by atoms with Gasteiger partial charge in [-0.15, -0.1) is 0 Å². The van der Waals surface area contributed by atoms with Gasteiger partial charge in [-0.05, 0) is 69.1 Å². The Labute approximate surface area is 204 Å². The largest absolute Gasteiger partial charge is 0.463 e. The van der Waals surface area contributed by atoms with Crippen LogP contribution in [0.25, 0.3) is 11.0 Å². The Morgan fingerprint density at radius 2 is 1.77 bits per heavy atom. The summed E-state index contributed by atoms with van der Waals surface area (Å²) in [5.41, 5.74) is 11.4. The number of H-pyrrole nitrogens is 1. The lowest BCUT2D eigenvalue weighted by molar-refractivity contribution is 0.171. The smallest absolute Gasteiger partial charge is 0.246 e. The molecule has 1 saturated carbocycles. The van der Waals surface area contributed by atoms with Gasteiger partial charge >= 0.3 is 0 Å². The second-order valence-electron chi connectivity index (χ2n) is 10.2. The van der Waals surface area contributed by atoms with E-state index in [2.05, 4.69) is 57.4 Å². The predicted molar refractivity (Wildman–Crippen MR) is 138 cm³/mol. The number of rotatable bonds is 4. The molecule has 0 atom stereocenters. The average molecular weight is 467 g/mol. The van der Waals surface area contributed by atoms with E-state index in [9.17, 15) is 0 Å². The van der Waals surface area contributed by atoms with Crippen LogP contribution < -0.4 is 10.5 Å². The molecule has 4 aromatic rings. The molecule has 2 aliphatic rings. The van der Waals surface area contributed by atoms with Gasteiger partial charge in [-0.2, -0.15) is 4.98 Å². The van der Waals surface area contributed by atoms with Crippen LogP contribution in [0, 0.1) is 5.92 Å². The number of benzene rings is 2. The topological polar surface area (TPSA) is 102 Å². The number of aromatic amines is 1. The van der Waals surface area contributed by atoms with Crippen molar-refractivity contribution in [2.45, 2.75) is 57.5 Å². The summed E-state index contributed by atoms with van der Waals surface area (Å²) in [7, 11) is 0. The highest BCUT2D eigenvalue weighted by atomic mass is 16.5. The van der Waals surface area contributed by atoms with Gasteiger partial charge < -0.3 is 15.5 Å². The molecule has 7 heteroatoms.